The summed E-state index contributed by atoms with van der Waals surface area (Å²) in [5.41, 5.74) is 2.91. The largest absolute Gasteiger partial charge is 0.456 e. The van der Waals surface area contributed by atoms with E-state index < -0.39 is 29.8 Å². The lowest BCUT2D eigenvalue weighted by Crippen LogP contribution is -2.49. The van der Waals surface area contributed by atoms with Crippen LogP contribution in [0.25, 0.3) is 0 Å². The van der Waals surface area contributed by atoms with Crippen LogP contribution in [0.1, 0.15) is 17.2 Å². The number of carbonyl (C=O) groups excluding carboxylic acids is 3. The number of hydrogen-bond acceptors (Lipinski definition) is 4. The molecular formula is C21H18FN3O4. The number of cyclic esters (lactones) is 1. The van der Waals surface area contributed by atoms with Gasteiger partial charge < -0.3 is 15.4 Å². The van der Waals surface area contributed by atoms with Gasteiger partial charge in [-0.3, -0.25) is 9.69 Å². The summed E-state index contributed by atoms with van der Waals surface area (Å²) in [7, 11) is 0. The standard InChI is InChI=1S/C21H18FN3O4/c1-12-2-4-13(5-3-12)19-18-16(11-29-20(18)27)25(21(28)24-19)10-17(26)23-15-8-6-14(22)7-9-15/h2-9,19H,10-11H2,1H3,(H,23,26)(H,24,28). The molecule has 2 N–H and O–H groups in total. The van der Waals surface area contributed by atoms with Gasteiger partial charge in [-0.1, -0.05) is 29.8 Å². The molecule has 1 atom stereocenters. The summed E-state index contributed by atoms with van der Waals surface area (Å²) in [5, 5.41) is 5.38. The van der Waals surface area contributed by atoms with Gasteiger partial charge in [0.15, 0.2) is 0 Å². The van der Waals surface area contributed by atoms with Crippen molar-refractivity contribution in [3.05, 3.63) is 76.7 Å². The van der Waals surface area contributed by atoms with E-state index in [-0.39, 0.29) is 13.2 Å². The molecular weight excluding hydrogens is 377 g/mol. The lowest BCUT2D eigenvalue weighted by Gasteiger charge is -2.32. The molecule has 3 amide bonds. The molecule has 0 aromatic heterocycles. The highest BCUT2D eigenvalue weighted by molar-refractivity contribution is 6.00. The Hall–Kier alpha value is -3.68. The Morgan fingerprint density at radius 2 is 1.86 bits per heavy atom. The Bertz CT molecular complexity index is 1020. The zero-order valence-electron chi connectivity index (χ0n) is 15.6. The van der Waals surface area contributed by atoms with Gasteiger partial charge in [0.2, 0.25) is 5.91 Å². The molecule has 0 saturated heterocycles. The molecule has 0 fully saturated rings. The highest BCUT2D eigenvalue weighted by Crippen LogP contribution is 2.35. The number of amides is 3. The first-order valence-corrected chi connectivity index (χ1v) is 9.02. The molecule has 7 nitrogen and oxygen atoms in total. The number of halogens is 1. The number of ether oxygens (including phenoxy) is 1. The molecule has 29 heavy (non-hydrogen) atoms. The molecule has 0 aliphatic carbocycles. The van der Waals surface area contributed by atoms with Crippen LogP contribution in [0.4, 0.5) is 14.9 Å². The summed E-state index contributed by atoms with van der Waals surface area (Å²) in [4.78, 5) is 38.6. The van der Waals surface area contributed by atoms with Gasteiger partial charge in [-0.05, 0) is 36.8 Å². The molecule has 2 aliphatic rings. The molecule has 8 heteroatoms. The maximum atomic E-state index is 13.0. The van der Waals surface area contributed by atoms with Crippen LogP contribution in [0.5, 0.6) is 0 Å². The summed E-state index contributed by atoms with van der Waals surface area (Å²) in [6.07, 6.45) is 0. The second-order valence-electron chi connectivity index (χ2n) is 6.87. The summed E-state index contributed by atoms with van der Waals surface area (Å²) in [6, 6.07) is 11.6. The van der Waals surface area contributed by atoms with Gasteiger partial charge in [-0.25, -0.2) is 14.0 Å². The number of nitrogens with zero attached hydrogens (tertiary/aromatic N) is 1. The molecule has 2 aromatic rings. The van der Waals surface area contributed by atoms with E-state index in [4.69, 9.17) is 4.74 Å². The molecule has 2 aromatic carbocycles. The Kier molecular flexibility index (Phi) is 4.75. The number of carbonyl (C=O) groups is 3. The van der Waals surface area contributed by atoms with E-state index in [2.05, 4.69) is 10.6 Å². The smallest absolute Gasteiger partial charge is 0.338 e. The Morgan fingerprint density at radius 3 is 2.55 bits per heavy atom. The topological polar surface area (TPSA) is 87.7 Å². The maximum absolute atomic E-state index is 13.0. The van der Waals surface area contributed by atoms with E-state index in [1.165, 1.54) is 29.2 Å². The molecule has 2 heterocycles. The highest BCUT2D eigenvalue weighted by Gasteiger charge is 2.42. The average molecular weight is 395 g/mol. The summed E-state index contributed by atoms with van der Waals surface area (Å²) in [5.74, 6) is -1.42. The van der Waals surface area contributed by atoms with Gasteiger partial charge in [0.05, 0.1) is 17.3 Å². The van der Waals surface area contributed by atoms with Crippen molar-refractivity contribution >= 4 is 23.6 Å². The van der Waals surface area contributed by atoms with Crippen LogP contribution in [0.15, 0.2) is 59.8 Å². The van der Waals surface area contributed by atoms with Gasteiger partial charge in [0.25, 0.3) is 0 Å². The SMILES string of the molecule is Cc1ccc(C2NC(=O)N(CC(=O)Nc3ccc(F)cc3)C3=C2C(=O)OC3)cc1. The van der Waals surface area contributed by atoms with Crippen LogP contribution in [-0.2, 0) is 14.3 Å². The first-order valence-electron chi connectivity index (χ1n) is 9.02. The third-order valence-corrected chi connectivity index (χ3v) is 4.84. The predicted molar refractivity (Wildman–Crippen MR) is 102 cm³/mol. The van der Waals surface area contributed by atoms with Gasteiger partial charge >= 0.3 is 12.0 Å². The van der Waals surface area contributed by atoms with Crippen molar-refractivity contribution in [2.75, 3.05) is 18.5 Å². The van der Waals surface area contributed by atoms with Gasteiger partial charge in [0.1, 0.15) is 19.0 Å². The number of benzene rings is 2. The lowest BCUT2D eigenvalue weighted by molar-refractivity contribution is -0.136. The minimum absolute atomic E-state index is 0.0756. The van der Waals surface area contributed by atoms with E-state index in [9.17, 15) is 18.8 Å². The summed E-state index contributed by atoms with van der Waals surface area (Å²) in [6.45, 7) is 1.56. The molecule has 2 aliphatic heterocycles. The zero-order chi connectivity index (χ0) is 20.5. The number of esters is 1. The van der Waals surface area contributed by atoms with Crippen molar-refractivity contribution in [1.29, 1.82) is 0 Å². The second kappa shape index (κ2) is 7.38. The third kappa shape index (κ3) is 3.69. The first kappa shape index (κ1) is 18.7. The Morgan fingerprint density at radius 1 is 1.17 bits per heavy atom. The quantitative estimate of drug-likeness (QED) is 0.779. The van der Waals surface area contributed by atoms with Crippen molar-refractivity contribution in [3.8, 4) is 0 Å². The Labute approximate surface area is 166 Å². The molecule has 0 radical (unpaired) electrons. The maximum Gasteiger partial charge on any atom is 0.338 e. The molecule has 1 unspecified atom stereocenters. The number of aryl methyl sites for hydroxylation is 1. The zero-order valence-corrected chi connectivity index (χ0v) is 15.6. The van der Waals surface area contributed by atoms with Crippen molar-refractivity contribution in [2.24, 2.45) is 0 Å². The fourth-order valence-corrected chi connectivity index (χ4v) is 3.36. The van der Waals surface area contributed by atoms with Crippen LogP contribution < -0.4 is 10.6 Å². The molecule has 148 valence electrons. The van der Waals surface area contributed by atoms with Crippen LogP contribution in [0.3, 0.4) is 0 Å². The number of urea groups is 1. The van der Waals surface area contributed by atoms with Gasteiger partial charge in [-0.2, -0.15) is 0 Å². The number of anilines is 1. The van der Waals surface area contributed by atoms with Crippen LogP contribution in [0, 0.1) is 12.7 Å². The van der Waals surface area contributed by atoms with Crippen LogP contribution in [0.2, 0.25) is 0 Å². The number of nitrogens with one attached hydrogen (secondary N) is 2. The summed E-state index contributed by atoms with van der Waals surface area (Å²) < 4.78 is 18.2. The fraction of sp³-hybridized carbons (Fsp3) is 0.190. The average Bonchev–Trinajstić information content (AvgIpc) is 3.08. The van der Waals surface area contributed by atoms with E-state index in [0.717, 1.165) is 11.1 Å². The first-order chi connectivity index (χ1) is 13.9. The highest BCUT2D eigenvalue weighted by atomic mass is 19.1. The van der Waals surface area contributed by atoms with Gasteiger partial charge in [0, 0.05) is 5.69 Å². The van der Waals surface area contributed by atoms with Crippen molar-refractivity contribution in [2.45, 2.75) is 13.0 Å². The number of hydrogen-bond donors (Lipinski definition) is 2. The second-order valence-corrected chi connectivity index (χ2v) is 6.87. The minimum atomic E-state index is -0.635. The molecule has 0 spiro atoms. The third-order valence-electron chi connectivity index (χ3n) is 4.84. The minimum Gasteiger partial charge on any atom is -0.456 e. The van der Waals surface area contributed by atoms with Crippen molar-refractivity contribution < 1.29 is 23.5 Å². The van der Waals surface area contributed by atoms with E-state index in [0.29, 0.717) is 17.0 Å². The summed E-state index contributed by atoms with van der Waals surface area (Å²) >= 11 is 0. The van der Waals surface area contributed by atoms with Crippen molar-refractivity contribution in [1.82, 2.24) is 10.2 Å². The Balaban J connectivity index is 1.58. The van der Waals surface area contributed by atoms with E-state index in [1.807, 2.05) is 31.2 Å². The molecule has 0 bridgehead atoms. The van der Waals surface area contributed by atoms with Gasteiger partial charge in [-0.15, -0.1) is 0 Å². The van der Waals surface area contributed by atoms with E-state index in [1.54, 1.807) is 0 Å². The molecule has 0 saturated carbocycles. The number of rotatable bonds is 4. The van der Waals surface area contributed by atoms with E-state index >= 15 is 0 Å². The van der Waals surface area contributed by atoms with Crippen LogP contribution in [-0.4, -0.2) is 36.0 Å². The lowest BCUT2D eigenvalue weighted by atomic mass is 9.95. The van der Waals surface area contributed by atoms with Crippen molar-refractivity contribution in [3.63, 3.8) is 0 Å². The monoisotopic (exact) mass is 395 g/mol. The molecule has 4 rings (SSSR count). The van der Waals surface area contributed by atoms with Crippen LogP contribution >= 0.6 is 0 Å². The fourth-order valence-electron chi connectivity index (χ4n) is 3.36. The normalized spacial score (nSPS) is 18.3. The predicted octanol–water partition coefficient (Wildman–Crippen LogP) is 2.65.